The second-order valence-electron chi connectivity index (χ2n) is 8.67. The molecule has 4 rings (SSSR count). The Hall–Kier alpha value is -1.06. The van der Waals surface area contributed by atoms with E-state index < -0.39 is 0 Å². The third kappa shape index (κ3) is 2.86. The van der Waals surface area contributed by atoms with Gasteiger partial charge in [-0.3, -0.25) is 9.59 Å². The summed E-state index contributed by atoms with van der Waals surface area (Å²) in [6.07, 6.45) is 13.8. The van der Waals surface area contributed by atoms with E-state index in [1.165, 1.54) is 44.9 Å². The molecule has 0 N–H and O–H groups in total. The predicted octanol–water partition coefficient (Wildman–Crippen LogP) is 3.35. The van der Waals surface area contributed by atoms with Crippen molar-refractivity contribution in [1.82, 2.24) is 9.80 Å². The van der Waals surface area contributed by atoms with Crippen LogP contribution in [0.25, 0.3) is 0 Å². The Labute approximate surface area is 145 Å². The lowest BCUT2D eigenvalue weighted by Crippen LogP contribution is -2.54. The number of carbonyl (C=O) groups is 2. The molecule has 4 nitrogen and oxygen atoms in total. The zero-order chi connectivity index (χ0) is 16.6. The highest BCUT2D eigenvalue weighted by Crippen LogP contribution is 2.43. The Morgan fingerprint density at radius 2 is 1.58 bits per heavy atom. The molecule has 24 heavy (non-hydrogen) atoms. The van der Waals surface area contributed by atoms with Crippen molar-refractivity contribution in [3.8, 4) is 0 Å². The Bertz CT molecular complexity index is 494. The number of hydrogen-bond acceptors (Lipinski definition) is 2. The SMILES string of the molecule is O=C(C1CCCC1)N1CC[C@@]2(CCCN(C3CCCCC3)C2=O)C1. The molecule has 2 heterocycles. The Kier molecular flexibility index (Phi) is 4.57. The standard InChI is InChI=1S/C20H32N2O2/c23-18(16-7-4-5-8-16)21-14-12-20(15-21)11-6-13-22(19(20)24)17-9-2-1-3-10-17/h16-17H,1-15H2/t20-/m0/s1. The van der Waals surface area contributed by atoms with Crippen LogP contribution in [0.5, 0.6) is 0 Å². The highest BCUT2D eigenvalue weighted by molar-refractivity contribution is 5.87. The van der Waals surface area contributed by atoms with Gasteiger partial charge in [-0.2, -0.15) is 0 Å². The molecular weight excluding hydrogens is 300 g/mol. The van der Waals surface area contributed by atoms with Crippen LogP contribution in [-0.2, 0) is 9.59 Å². The smallest absolute Gasteiger partial charge is 0.230 e. The maximum absolute atomic E-state index is 13.3. The third-order valence-corrected chi connectivity index (χ3v) is 7.15. The van der Waals surface area contributed by atoms with Crippen molar-refractivity contribution in [3.63, 3.8) is 0 Å². The number of amides is 2. The van der Waals surface area contributed by atoms with E-state index in [-0.39, 0.29) is 11.3 Å². The van der Waals surface area contributed by atoms with Crippen LogP contribution in [0.1, 0.15) is 77.0 Å². The molecule has 0 radical (unpaired) electrons. The van der Waals surface area contributed by atoms with E-state index in [9.17, 15) is 9.59 Å². The fraction of sp³-hybridized carbons (Fsp3) is 0.900. The summed E-state index contributed by atoms with van der Waals surface area (Å²) in [5.41, 5.74) is -0.246. The largest absolute Gasteiger partial charge is 0.341 e. The van der Waals surface area contributed by atoms with Crippen molar-refractivity contribution in [2.75, 3.05) is 19.6 Å². The van der Waals surface area contributed by atoms with Gasteiger partial charge in [0, 0.05) is 31.6 Å². The average molecular weight is 332 g/mol. The Morgan fingerprint density at radius 3 is 2.33 bits per heavy atom. The lowest BCUT2D eigenvalue weighted by molar-refractivity contribution is -0.149. The minimum Gasteiger partial charge on any atom is -0.341 e. The molecule has 1 atom stereocenters. The van der Waals surface area contributed by atoms with E-state index in [1.54, 1.807) is 0 Å². The summed E-state index contributed by atoms with van der Waals surface area (Å²) >= 11 is 0. The molecule has 134 valence electrons. The van der Waals surface area contributed by atoms with Gasteiger partial charge in [0.05, 0.1) is 5.41 Å². The molecule has 2 saturated heterocycles. The second-order valence-corrected chi connectivity index (χ2v) is 8.67. The number of nitrogens with zero attached hydrogens (tertiary/aromatic N) is 2. The van der Waals surface area contributed by atoms with Gasteiger partial charge in [0.2, 0.25) is 11.8 Å². The second kappa shape index (κ2) is 6.68. The highest BCUT2D eigenvalue weighted by atomic mass is 16.2. The molecule has 2 aliphatic heterocycles. The molecule has 0 aromatic rings. The molecule has 2 saturated carbocycles. The van der Waals surface area contributed by atoms with E-state index in [2.05, 4.69) is 4.90 Å². The lowest BCUT2D eigenvalue weighted by atomic mass is 9.77. The van der Waals surface area contributed by atoms with Crippen molar-refractivity contribution >= 4 is 11.8 Å². The maximum atomic E-state index is 13.3. The molecule has 0 bridgehead atoms. The molecule has 0 aromatic heterocycles. The van der Waals surface area contributed by atoms with Crippen LogP contribution in [0.3, 0.4) is 0 Å². The molecule has 0 aromatic carbocycles. The number of hydrogen-bond donors (Lipinski definition) is 0. The molecule has 4 aliphatic rings. The number of piperidine rings is 1. The molecule has 4 fully saturated rings. The molecule has 0 unspecified atom stereocenters. The van der Waals surface area contributed by atoms with Gasteiger partial charge in [0.1, 0.15) is 0 Å². The van der Waals surface area contributed by atoms with Crippen molar-refractivity contribution < 1.29 is 9.59 Å². The molecular formula is C20H32N2O2. The van der Waals surface area contributed by atoms with Crippen LogP contribution >= 0.6 is 0 Å². The highest BCUT2D eigenvalue weighted by Gasteiger charge is 2.51. The first kappa shape index (κ1) is 16.4. The monoisotopic (exact) mass is 332 g/mol. The minimum absolute atomic E-state index is 0.244. The lowest BCUT2D eigenvalue weighted by Gasteiger charge is -2.44. The van der Waals surface area contributed by atoms with Gasteiger partial charge in [0.25, 0.3) is 0 Å². The zero-order valence-corrected chi connectivity index (χ0v) is 15.0. The van der Waals surface area contributed by atoms with Crippen molar-refractivity contribution in [3.05, 3.63) is 0 Å². The predicted molar refractivity (Wildman–Crippen MR) is 93.4 cm³/mol. The molecule has 2 amide bonds. The fourth-order valence-corrected chi connectivity index (χ4v) is 5.71. The van der Waals surface area contributed by atoms with Crippen LogP contribution in [0.15, 0.2) is 0 Å². The first-order chi connectivity index (χ1) is 11.7. The topological polar surface area (TPSA) is 40.6 Å². The summed E-state index contributed by atoms with van der Waals surface area (Å²) in [5, 5.41) is 0. The number of likely N-dealkylation sites (tertiary alicyclic amines) is 2. The van der Waals surface area contributed by atoms with E-state index in [0.29, 0.717) is 24.4 Å². The molecule has 4 heteroatoms. The van der Waals surface area contributed by atoms with Gasteiger partial charge >= 0.3 is 0 Å². The van der Waals surface area contributed by atoms with E-state index in [1.807, 2.05) is 4.90 Å². The van der Waals surface area contributed by atoms with Crippen molar-refractivity contribution in [2.45, 2.75) is 83.1 Å². The Balaban J connectivity index is 1.44. The Morgan fingerprint density at radius 1 is 0.875 bits per heavy atom. The molecule has 1 spiro atoms. The van der Waals surface area contributed by atoms with Crippen molar-refractivity contribution in [2.24, 2.45) is 11.3 Å². The number of carbonyl (C=O) groups excluding carboxylic acids is 2. The van der Waals surface area contributed by atoms with Gasteiger partial charge in [-0.15, -0.1) is 0 Å². The van der Waals surface area contributed by atoms with Gasteiger partial charge in [-0.05, 0) is 44.9 Å². The summed E-state index contributed by atoms with van der Waals surface area (Å²) in [4.78, 5) is 30.3. The quantitative estimate of drug-likeness (QED) is 0.778. The summed E-state index contributed by atoms with van der Waals surface area (Å²) in [6, 6.07) is 0.475. The maximum Gasteiger partial charge on any atom is 0.230 e. The van der Waals surface area contributed by atoms with Crippen LogP contribution in [-0.4, -0.2) is 47.3 Å². The van der Waals surface area contributed by atoms with Crippen LogP contribution in [0.2, 0.25) is 0 Å². The van der Waals surface area contributed by atoms with Crippen LogP contribution in [0, 0.1) is 11.3 Å². The van der Waals surface area contributed by atoms with Crippen LogP contribution < -0.4 is 0 Å². The van der Waals surface area contributed by atoms with Gasteiger partial charge in [0.15, 0.2) is 0 Å². The molecule has 2 aliphatic carbocycles. The minimum atomic E-state index is -0.246. The first-order valence-electron chi connectivity index (χ1n) is 10.3. The van der Waals surface area contributed by atoms with Crippen molar-refractivity contribution in [1.29, 1.82) is 0 Å². The van der Waals surface area contributed by atoms with Gasteiger partial charge < -0.3 is 9.80 Å². The van der Waals surface area contributed by atoms with Gasteiger partial charge in [-0.25, -0.2) is 0 Å². The van der Waals surface area contributed by atoms with Gasteiger partial charge in [-0.1, -0.05) is 32.1 Å². The summed E-state index contributed by atoms with van der Waals surface area (Å²) in [6.45, 7) is 2.45. The number of rotatable bonds is 2. The zero-order valence-electron chi connectivity index (χ0n) is 15.0. The van der Waals surface area contributed by atoms with E-state index >= 15 is 0 Å². The average Bonchev–Trinajstić information content (AvgIpc) is 3.29. The fourth-order valence-electron chi connectivity index (χ4n) is 5.71. The first-order valence-corrected chi connectivity index (χ1v) is 10.3. The summed E-state index contributed by atoms with van der Waals surface area (Å²) < 4.78 is 0. The third-order valence-electron chi connectivity index (χ3n) is 7.15. The summed E-state index contributed by atoms with van der Waals surface area (Å²) in [7, 11) is 0. The summed E-state index contributed by atoms with van der Waals surface area (Å²) in [5.74, 6) is 0.961. The normalized spacial score (nSPS) is 32.9. The van der Waals surface area contributed by atoms with E-state index in [0.717, 1.165) is 45.2 Å². The van der Waals surface area contributed by atoms with Crippen LogP contribution in [0.4, 0.5) is 0 Å². The van der Waals surface area contributed by atoms with E-state index in [4.69, 9.17) is 0 Å².